The van der Waals surface area contributed by atoms with E-state index in [-0.39, 0.29) is 0 Å². The summed E-state index contributed by atoms with van der Waals surface area (Å²) >= 11 is 0. The van der Waals surface area contributed by atoms with Crippen molar-refractivity contribution in [3.05, 3.63) is 18.0 Å². The van der Waals surface area contributed by atoms with Gasteiger partial charge in [-0.2, -0.15) is 0 Å². The summed E-state index contributed by atoms with van der Waals surface area (Å²) in [6.07, 6.45) is 7.77. The third-order valence-corrected chi connectivity index (χ3v) is 3.11. The van der Waals surface area contributed by atoms with E-state index < -0.39 is 0 Å². The summed E-state index contributed by atoms with van der Waals surface area (Å²) in [5.74, 6) is 0. The number of hydrogen-bond acceptors (Lipinski definition) is 4. The molecule has 0 unspecified atom stereocenters. The molecule has 4 nitrogen and oxygen atoms in total. The molecule has 0 bridgehead atoms. The van der Waals surface area contributed by atoms with Gasteiger partial charge in [0.05, 0.1) is 5.69 Å². The first-order chi connectivity index (χ1) is 9.36. The predicted octanol–water partition coefficient (Wildman–Crippen LogP) is 2.71. The minimum Gasteiger partial charge on any atom is -0.365 e. The average molecular weight is 267 g/mol. The van der Waals surface area contributed by atoms with Gasteiger partial charge in [0.25, 0.3) is 0 Å². The molecule has 0 aromatic carbocycles. The van der Waals surface area contributed by atoms with E-state index in [2.05, 4.69) is 29.2 Å². The van der Waals surface area contributed by atoms with E-state index in [9.17, 15) is 0 Å². The number of nitrogens with one attached hydrogen (secondary N) is 1. The van der Waals surface area contributed by atoms with Crippen LogP contribution in [0.2, 0.25) is 0 Å². The van der Waals surface area contributed by atoms with E-state index in [1.165, 1.54) is 45.3 Å². The van der Waals surface area contributed by atoms with Crippen LogP contribution in [-0.4, -0.2) is 42.8 Å². The Bertz CT molecular complexity index is 282. The van der Waals surface area contributed by atoms with Crippen LogP contribution in [-0.2, 0) is 6.42 Å². The highest BCUT2D eigenvalue weighted by Gasteiger charge is 2.08. The van der Waals surface area contributed by atoms with Gasteiger partial charge in [-0.15, -0.1) is 0 Å². The van der Waals surface area contributed by atoms with Crippen LogP contribution >= 0.6 is 0 Å². The normalized spacial score (nSPS) is 15.9. The van der Waals surface area contributed by atoms with Crippen molar-refractivity contribution in [2.45, 2.75) is 46.0 Å². The summed E-state index contributed by atoms with van der Waals surface area (Å²) < 4.78 is 4.80. The summed E-state index contributed by atoms with van der Waals surface area (Å²) in [6, 6.07) is 1.95. The zero-order valence-corrected chi connectivity index (χ0v) is 12.5. The molecule has 19 heavy (non-hydrogen) atoms. The van der Waals surface area contributed by atoms with Crippen LogP contribution < -0.4 is 5.32 Å². The molecule has 0 atom stereocenters. The van der Waals surface area contributed by atoms with Gasteiger partial charge in [0, 0.05) is 32.2 Å². The molecule has 2 heterocycles. The van der Waals surface area contributed by atoms with E-state index in [4.69, 9.17) is 4.52 Å². The molecule has 1 aromatic rings. The zero-order valence-electron chi connectivity index (χ0n) is 12.5. The van der Waals surface area contributed by atoms with Crippen molar-refractivity contribution in [2.24, 2.45) is 0 Å². The van der Waals surface area contributed by atoms with Gasteiger partial charge >= 0.3 is 0 Å². The van der Waals surface area contributed by atoms with Gasteiger partial charge in [-0.05, 0) is 25.8 Å². The van der Waals surface area contributed by atoms with Gasteiger partial charge in [0.2, 0.25) is 0 Å². The Hall–Kier alpha value is -0.870. The highest BCUT2D eigenvalue weighted by Crippen LogP contribution is 2.05. The maximum absolute atomic E-state index is 4.80. The van der Waals surface area contributed by atoms with E-state index in [1.54, 1.807) is 6.26 Å². The maximum atomic E-state index is 4.80. The van der Waals surface area contributed by atoms with Crippen molar-refractivity contribution >= 4 is 0 Å². The second-order valence-electron chi connectivity index (χ2n) is 5.10. The van der Waals surface area contributed by atoms with Crippen LogP contribution in [0.3, 0.4) is 0 Å². The molecular weight excluding hydrogens is 238 g/mol. The van der Waals surface area contributed by atoms with Crippen molar-refractivity contribution < 1.29 is 4.52 Å². The van der Waals surface area contributed by atoms with Gasteiger partial charge in [-0.25, -0.2) is 0 Å². The molecule has 1 fully saturated rings. The Morgan fingerprint density at radius 2 is 1.95 bits per heavy atom. The summed E-state index contributed by atoms with van der Waals surface area (Å²) in [6.45, 7) is 10.2. The number of nitrogens with zero attached hydrogens (tertiary/aromatic N) is 2. The molecule has 0 amide bonds. The van der Waals surface area contributed by atoms with Crippen molar-refractivity contribution in [2.75, 3.05) is 32.7 Å². The lowest BCUT2D eigenvalue weighted by molar-refractivity contribution is 0.236. The van der Waals surface area contributed by atoms with Crippen LogP contribution in [0.25, 0.3) is 0 Å². The molecule has 1 aliphatic heterocycles. The van der Waals surface area contributed by atoms with Crippen molar-refractivity contribution in [1.29, 1.82) is 0 Å². The van der Waals surface area contributed by atoms with Crippen LogP contribution in [0.1, 0.15) is 45.2 Å². The predicted molar refractivity (Wildman–Crippen MR) is 79.3 cm³/mol. The van der Waals surface area contributed by atoms with E-state index in [0.29, 0.717) is 0 Å². The molecule has 1 N–H and O–H groups in total. The van der Waals surface area contributed by atoms with E-state index >= 15 is 0 Å². The fourth-order valence-corrected chi connectivity index (χ4v) is 2.12. The summed E-state index contributed by atoms with van der Waals surface area (Å²) in [5, 5.41) is 7.28. The first-order valence-corrected chi connectivity index (χ1v) is 7.69. The van der Waals surface area contributed by atoms with Gasteiger partial charge in [-0.3, -0.25) is 0 Å². The Morgan fingerprint density at radius 3 is 2.58 bits per heavy atom. The van der Waals surface area contributed by atoms with Crippen LogP contribution in [0.4, 0.5) is 0 Å². The molecular formula is C15H29N3O. The lowest BCUT2D eigenvalue weighted by atomic mass is 10.1. The average Bonchev–Trinajstić information content (AvgIpc) is 2.94. The molecule has 2 rings (SSSR count). The lowest BCUT2D eigenvalue weighted by Crippen LogP contribution is -2.43. The van der Waals surface area contributed by atoms with Gasteiger partial charge in [0.1, 0.15) is 6.26 Å². The number of aromatic nitrogens is 1. The van der Waals surface area contributed by atoms with Gasteiger partial charge in [0.15, 0.2) is 0 Å². The van der Waals surface area contributed by atoms with Crippen LogP contribution in [0.5, 0.6) is 0 Å². The number of piperazine rings is 1. The van der Waals surface area contributed by atoms with Crippen molar-refractivity contribution in [3.8, 4) is 0 Å². The van der Waals surface area contributed by atoms with E-state index in [1.807, 2.05) is 6.07 Å². The fraction of sp³-hybridized carbons (Fsp3) is 0.800. The number of aryl methyl sites for hydroxylation is 1. The Morgan fingerprint density at radius 1 is 1.21 bits per heavy atom. The second-order valence-corrected chi connectivity index (χ2v) is 5.10. The maximum Gasteiger partial charge on any atom is 0.124 e. The molecule has 0 aliphatic carbocycles. The third-order valence-electron chi connectivity index (χ3n) is 3.11. The second kappa shape index (κ2) is 11.0. The molecule has 0 spiro atoms. The first-order valence-electron chi connectivity index (χ1n) is 7.69. The molecule has 1 aromatic heterocycles. The Kier molecular flexibility index (Phi) is 9.37. The summed E-state index contributed by atoms with van der Waals surface area (Å²) in [4.78, 5) is 2.55. The first kappa shape index (κ1) is 16.2. The van der Waals surface area contributed by atoms with Crippen molar-refractivity contribution in [3.63, 3.8) is 0 Å². The SMILES string of the molecule is CCC.c1cc(CCCCCN2CCNCC2)no1. The van der Waals surface area contributed by atoms with Crippen LogP contribution in [0.15, 0.2) is 16.9 Å². The van der Waals surface area contributed by atoms with Crippen LogP contribution in [0, 0.1) is 0 Å². The Balaban J connectivity index is 0.000000550. The number of hydrogen-bond donors (Lipinski definition) is 1. The minimum absolute atomic E-state index is 1.05. The smallest absolute Gasteiger partial charge is 0.124 e. The minimum atomic E-state index is 1.05. The molecule has 1 aliphatic rings. The number of unbranched alkanes of at least 4 members (excludes halogenated alkanes) is 2. The molecule has 4 heteroatoms. The topological polar surface area (TPSA) is 41.3 Å². The fourth-order valence-electron chi connectivity index (χ4n) is 2.12. The van der Waals surface area contributed by atoms with Gasteiger partial charge < -0.3 is 14.7 Å². The zero-order chi connectivity index (χ0) is 13.8. The summed E-state index contributed by atoms with van der Waals surface area (Å²) in [5.41, 5.74) is 1.09. The summed E-state index contributed by atoms with van der Waals surface area (Å²) in [7, 11) is 0. The highest BCUT2D eigenvalue weighted by molar-refractivity contribution is 4.94. The quantitative estimate of drug-likeness (QED) is 0.805. The van der Waals surface area contributed by atoms with Crippen molar-refractivity contribution in [1.82, 2.24) is 15.4 Å². The standard InChI is InChI=1S/C12H21N3O.C3H8/c1(2-4-12-5-11-16-14-12)3-8-15-9-6-13-7-10-15;1-3-2/h5,11,13H,1-4,6-10H2;3H2,1-2H3. The third kappa shape index (κ3) is 8.01. The molecule has 1 saturated heterocycles. The monoisotopic (exact) mass is 267 g/mol. The molecule has 0 saturated carbocycles. The molecule has 0 radical (unpaired) electrons. The number of rotatable bonds is 6. The largest absolute Gasteiger partial charge is 0.365 e. The van der Waals surface area contributed by atoms with E-state index in [0.717, 1.165) is 25.2 Å². The molecule has 110 valence electrons. The highest BCUT2D eigenvalue weighted by atomic mass is 16.5. The van der Waals surface area contributed by atoms with Gasteiger partial charge in [-0.1, -0.05) is 31.8 Å². The lowest BCUT2D eigenvalue weighted by Gasteiger charge is -2.26. The Labute approximate surface area is 117 Å².